The van der Waals surface area contributed by atoms with E-state index >= 15 is 0 Å². The van der Waals surface area contributed by atoms with Crippen molar-refractivity contribution in [1.82, 2.24) is 10.2 Å². The van der Waals surface area contributed by atoms with E-state index in [2.05, 4.69) is 76.5 Å². The second-order valence-electron chi connectivity index (χ2n) is 19.3. The van der Waals surface area contributed by atoms with E-state index in [-0.39, 0.29) is 11.0 Å². The fourth-order valence-electron chi connectivity index (χ4n) is 14.4. The van der Waals surface area contributed by atoms with Crippen LogP contribution in [0.4, 0.5) is 0 Å². The molecule has 2 heterocycles. The summed E-state index contributed by atoms with van der Waals surface area (Å²) in [6, 6.07) is 8.19. The van der Waals surface area contributed by atoms with Crippen LogP contribution in [0.15, 0.2) is 42.5 Å². The average Bonchev–Trinajstić information content (AvgIpc) is 3.38. The number of carbonyl (C=O) groups is 1. The quantitative estimate of drug-likeness (QED) is 0.225. The SMILES string of the molecule is C=C(C)[C@@H]1CC[C@]2(NCCN3CC4(COC4)C3)CC[C@]3(C)[C@H](CC[C@@H]4[C@@]5(C)CC=C(c6ccc(OC=O)cc6)C(C)(C)[C@@H]5CC[C@]43C)[C@@H]12. The van der Waals surface area contributed by atoms with Crippen molar-refractivity contribution in [3.8, 4) is 5.75 Å². The lowest BCUT2D eigenvalue weighted by molar-refractivity contribution is -0.219. The molecule has 5 aliphatic carbocycles. The van der Waals surface area contributed by atoms with Crippen molar-refractivity contribution in [1.29, 1.82) is 0 Å². The number of hydrogen-bond donors (Lipinski definition) is 1. The van der Waals surface area contributed by atoms with E-state index < -0.39 is 0 Å². The Kier molecular flexibility index (Phi) is 7.80. The molecule has 5 nitrogen and oxygen atoms in total. The van der Waals surface area contributed by atoms with E-state index in [1.165, 1.54) is 87.7 Å². The zero-order valence-corrected chi connectivity index (χ0v) is 30.8. The Balaban J connectivity index is 1.05. The Labute approximate surface area is 290 Å². The van der Waals surface area contributed by atoms with Gasteiger partial charge in [0.25, 0.3) is 6.47 Å². The van der Waals surface area contributed by atoms with Gasteiger partial charge in [-0.15, -0.1) is 0 Å². The largest absolute Gasteiger partial charge is 0.429 e. The molecule has 0 amide bonds. The molecule has 48 heavy (non-hydrogen) atoms. The maximum absolute atomic E-state index is 10.9. The van der Waals surface area contributed by atoms with Gasteiger partial charge in [-0.25, -0.2) is 0 Å². The molecule has 1 aromatic rings. The van der Waals surface area contributed by atoms with Crippen LogP contribution in [0.3, 0.4) is 0 Å². The minimum atomic E-state index is 0.0863. The number of fused-ring (bicyclic) bond motifs is 7. The predicted molar refractivity (Wildman–Crippen MR) is 193 cm³/mol. The second-order valence-corrected chi connectivity index (χ2v) is 19.3. The maximum atomic E-state index is 10.9. The van der Waals surface area contributed by atoms with Gasteiger partial charge in [-0.05, 0) is 139 Å². The number of allylic oxidation sites excluding steroid dienone is 3. The Hall–Kier alpha value is -1.95. The normalized spacial score (nSPS) is 43.8. The molecule has 1 spiro atoms. The number of carbonyl (C=O) groups excluding carboxylic acids is 1. The van der Waals surface area contributed by atoms with E-state index in [9.17, 15) is 4.79 Å². The highest BCUT2D eigenvalue weighted by Gasteiger charge is 2.70. The standard InChI is InChI=1S/C43H62N2O3/c1-29(2)32-14-19-43(44-22-23-45-24-42(25-45)26-47-27-42)21-20-40(6)34(37(32)43)12-13-36-39(5)17-15-33(30-8-10-31(11-9-30)48-28-46)38(3,4)35(39)16-18-41(36,40)7/h8-11,15,28,32,34-37,44H,1,12-14,16-27H2,2-7H3/t32-,34+,35-,36+,37+,39-,40+,41+,43-/m0/s1. The van der Waals surface area contributed by atoms with E-state index in [4.69, 9.17) is 9.47 Å². The van der Waals surface area contributed by atoms with Crippen molar-refractivity contribution >= 4 is 12.0 Å². The summed E-state index contributed by atoms with van der Waals surface area (Å²) in [4.78, 5) is 13.5. The van der Waals surface area contributed by atoms with Crippen LogP contribution in [0.25, 0.3) is 5.57 Å². The molecule has 2 aliphatic heterocycles. The number of hydrogen-bond acceptors (Lipinski definition) is 5. The lowest BCUT2D eigenvalue weighted by Gasteiger charge is -2.72. The fourth-order valence-corrected chi connectivity index (χ4v) is 14.4. The zero-order chi connectivity index (χ0) is 33.7. The highest BCUT2D eigenvalue weighted by molar-refractivity contribution is 5.72. The number of nitrogens with one attached hydrogen (secondary N) is 1. The number of likely N-dealkylation sites (tertiary alicyclic amines) is 1. The van der Waals surface area contributed by atoms with Crippen molar-refractivity contribution in [3.63, 3.8) is 0 Å². The molecule has 262 valence electrons. The number of benzene rings is 1. The van der Waals surface area contributed by atoms with Crippen LogP contribution in [-0.2, 0) is 9.53 Å². The Morgan fingerprint density at radius 1 is 0.958 bits per heavy atom. The predicted octanol–water partition coefficient (Wildman–Crippen LogP) is 8.55. The molecular weight excluding hydrogens is 592 g/mol. The molecule has 9 atom stereocenters. The summed E-state index contributed by atoms with van der Waals surface area (Å²) < 4.78 is 10.6. The molecule has 1 aromatic carbocycles. The van der Waals surface area contributed by atoms with E-state index in [0.717, 1.165) is 38.0 Å². The summed E-state index contributed by atoms with van der Waals surface area (Å²) >= 11 is 0. The molecule has 0 aromatic heterocycles. The van der Waals surface area contributed by atoms with Crippen molar-refractivity contribution in [2.24, 2.45) is 56.7 Å². The molecule has 0 bridgehead atoms. The topological polar surface area (TPSA) is 50.8 Å². The highest BCUT2D eigenvalue weighted by Crippen LogP contribution is 2.76. The van der Waals surface area contributed by atoms with Gasteiger partial charge in [0, 0.05) is 37.1 Å². The molecule has 7 aliphatic rings. The van der Waals surface area contributed by atoms with Crippen LogP contribution in [0, 0.1) is 56.7 Å². The van der Waals surface area contributed by atoms with Gasteiger partial charge in [-0.3, -0.25) is 4.79 Å². The third-order valence-electron chi connectivity index (χ3n) is 16.8. The first-order valence-corrected chi connectivity index (χ1v) is 19.4. The summed E-state index contributed by atoms with van der Waals surface area (Å²) in [5.41, 5.74) is 6.05. The first-order chi connectivity index (χ1) is 22.8. The van der Waals surface area contributed by atoms with Crippen LogP contribution in [-0.4, -0.2) is 56.3 Å². The summed E-state index contributed by atoms with van der Waals surface area (Å²) in [7, 11) is 0. The molecule has 5 heteroatoms. The van der Waals surface area contributed by atoms with Gasteiger partial charge in [0.1, 0.15) is 5.75 Å². The van der Waals surface area contributed by atoms with Crippen molar-refractivity contribution in [2.75, 3.05) is 39.4 Å². The Bertz CT molecular complexity index is 1470. The lowest BCUT2D eigenvalue weighted by atomic mass is 9.33. The second kappa shape index (κ2) is 11.3. The molecule has 2 saturated heterocycles. The van der Waals surface area contributed by atoms with Crippen LogP contribution < -0.4 is 10.1 Å². The molecule has 8 rings (SSSR count). The molecule has 4 saturated carbocycles. The first kappa shape index (κ1) is 33.2. The van der Waals surface area contributed by atoms with Gasteiger partial charge in [0.05, 0.1) is 13.2 Å². The van der Waals surface area contributed by atoms with Gasteiger partial charge < -0.3 is 19.7 Å². The van der Waals surface area contributed by atoms with Crippen LogP contribution in [0.1, 0.15) is 105 Å². The Morgan fingerprint density at radius 2 is 1.71 bits per heavy atom. The number of rotatable bonds is 8. The molecule has 0 radical (unpaired) electrons. The zero-order valence-electron chi connectivity index (χ0n) is 30.8. The number of nitrogens with zero attached hydrogens (tertiary/aromatic N) is 1. The van der Waals surface area contributed by atoms with E-state index in [1.54, 1.807) is 0 Å². The average molecular weight is 655 g/mol. The summed E-state index contributed by atoms with van der Waals surface area (Å²) in [6.07, 6.45) is 14.5. The molecule has 0 unspecified atom stereocenters. The van der Waals surface area contributed by atoms with Gasteiger partial charge in [0.15, 0.2) is 0 Å². The molecule has 6 fully saturated rings. The molecule has 1 N–H and O–H groups in total. The van der Waals surface area contributed by atoms with Gasteiger partial charge in [-0.2, -0.15) is 0 Å². The van der Waals surface area contributed by atoms with Gasteiger partial charge in [-0.1, -0.05) is 65.0 Å². The third kappa shape index (κ3) is 4.61. The first-order valence-electron chi connectivity index (χ1n) is 19.4. The minimum Gasteiger partial charge on any atom is -0.429 e. The van der Waals surface area contributed by atoms with Crippen LogP contribution in [0.5, 0.6) is 5.75 Å². The lowest BCUT2D eigenvalue weighted by Crippen LogP contribution is -2.69. The Morgan fingerprint density at radius 3 is 2.38 bits per heavy atom. The van der Waals surface area contributed by atoms with Crippen molar-refractivity contribution < 1.29 is 14.3 Å². The van der Waals surface area contributed by atoms with Crippen LogP contribution in [0.2, 0.25) is 0 Å². The monoisotopic (exact) mass is 654 g/mol. The summed E-state index contributed by atoms with van der Waals surface area (Å²) in [5, 5.41) is 4.33. The summed E-state index contributed by atoms with van der Waals surface area (Å²) in [6.45, 7) is 27.5. The highest BCUT2D eigenvalue weighted by atomic mass is 16.5. The van der Waals surface area contributed by atoms with Crippen molar-refractivity contribution in [3.05, 3.63) is 48.1 Å². The van der Waals surface area contributed by atoms with E-state index in [0.29, 0.717) is 51.6 Å². The summed E-state index contributed by atoms with van der Waals surface area (Å²) in [5.74, 6) is 4.13. The van der Waals surface area contributed by atoms with Crippen molar-refractivity contribution in [2.45, 2.75) is 105 Å². The van der Waals surface area contributed by atoms with E-state index in [1.807, 2.05) is 12.1 Å². The fraction of sp³-hybridized carbons (Fsp3) is 0.744. The maximum Gasteiger partial charge on any atom is 0.298 e. The van der Waals surface area contributed by atoms with Gasteiger partial charge >= 0.3 is 0 Å². The van der Waals surface area contributed by atoms with Crippen LogP contribution >= 0.6 is 0 Å². The number of ether oxygens (including phenoxy) is 2. The minimum absolute atomic E-state index is 0.0863. The molecular formula is C43H62N2O3. The smallest absolute Gasteiger partial charge is 0.298 e. The third-order valence-corrected chi connectivity index (χ3v) is 16.8. The van der Waals surface area contributed by atoms with Gasteiger partial charge in [0.2, 0.25) is 0 Å².